The highest BCUT2D eigenvalue weighted by Gasteiger charge is 2.38. The Morgan fingerprint density at radius 1 is 1.44 bits per heavy atom. The first kappa shape index (κ1) is 11.8. The second kappa shape index (κ2) is 5.12. The number of carbonyl (C=O) groups is 1. The molecule has 0 radical (unpaired) electrons. The van der Waals surface area contributed by atoms with Crippen molar-refractivity contribution in [2.24, 2.45) is 11.7 Å². The van der Waals surface area contributed by atoms with Crippen LogP contribution >= 0.6 is 0 Å². The molecule has 2 unspecified atom stereocenters. The molecule has 0 bridgehead atoms. The first-order valence-corrected chi connectivity index (χ1v) is 5.93. The van der Waals surface area contributed by atoms with Gasteiger partial charge in [-0.1, -0.05) is 0 Å². The number of hydrogen-bond donors (Lipinski definition) is 2. The zero-order valence-electron chi connectivity index (χ0n) is 9.54. The predicted molar refractivity (Wildman–Crippen MR) is 58.9 cm³/mol. The molecule has 2 atom stereocenters. The van der Waals surface area contributed by atoms with Crippen LogP contribution in [0.4, 0.5) is 0 Å². The van der Waals surface area contributed by atoms with Gasteiger partial charge in [-0.3, -0.25) is 4.79 Å². The molecule has 2 saturated heterocycles. The SMILES string of the molecule is NC1(C(=O)NCC2CCCOC2)CCOC1. The summed E-state index contributed by atoms with van der Waals surface area (Å²) in [5, 5.41) is 2.91. The van der Waals surface area contributed by atoms with Crippen LogP contribution in [0, 0.1) is 5.92 Å². The molecule has 2 aliphatic rings. The minimum atomic E-state index is -0.810. The highest BCUT2D eigenvalue weighted by Crippen LogP contribution is 2.16. The average molecular weight is 228 g/mol. The Labute approximate surface area is 95.7 Å². The maximum absolute atomic E-state index is 11.9. The Morgan fingerprint density at radius 2 is 2.31 bits per heavy atom. The van der Waals surface area contributed by atoms with Gasteiger partial charge in [-0.15, -0.1) is 0 Å². The van der Waals surface area contributed by atoms with E-state index in [0.29, 0.717) is 32.1 Å². The van der Waals surface area contributed by atoms with Crippen molar-refractivity contribution in [3.05, 3.63) is 0 Å². The number of amides is 1. The van der Waals surface area contributed by atoms with Crippen LogP contribution < -0.4 is 11.1 Å². The van der Waals surface area contributed by atoms with Gasteiger partial charge in [0.05, 0.1) is 13.2 Å². The lowest BCUT2D eigenvalue weighted by Crippen LogP contribution is -2.55. The summed E-state index contributed by atoms with van der Waals surface area (Å²) in [7, 11) is 0. The summed E-state index contributed by atoms with van der Waals surface area (Å²) in [6, 6.07) is 0. The molecule has 5 heteroatoms. The molecule has 2 aliphatic heterocycles. The number of nitrogens with one attached hydrogen (secondary N) is 1. The van der Waals surface area contributed by atoms with Crippen molar-refractivity contribution in [3.8, 4) is 0 Å². The van der Waals surface area contributed by atoms with Crippen molar-refractivity contribution in [2.45, 2.75) is 24.8 Å². The summed E-state index contributed by atoms with van der Waals surface area (Å²) in [5.41, 5.74) is 5.14. The second-order valence-electron chi connectivity index (χ2n) is 4.75. The van der Waals surface area contributed by atoms with Gasteiger partial charge < -0.3 is 20.5 Å². The quantitative estimate of drug-likeness (QED) is 0.692. The highest BCUT2D eigenvalue weighted by atomic mass is 16.5. The smallest absolute Gasteiger partial charge is 0.242 e. The Kier molecular flexibility index (Phi) is 3.78. The molecule has 0 saturated carbocycles. The normalized spacial score (nSPS) is 34.9. The molecule has 0 spiro atoms. The summed E-state index contributed by atoms with van der Waals surface area (Å²) in [5.74, 6) is 0.346. The van der Waals surface area contributed by atoms with Crippen molar-refractivity contribution in [1.82, 2.24) is 5.32 Å². The van der Waals surface area contributed by atoms with Crippen molar-refractivity contribution in [3.63, 3.8) is 0 Å². The molecule has 0 aromatic rings. The van der Waals surface area contributed by atoms with Gasteiger partial charge in [-0.05, 0) is 25.2 Å². The lowest BCUT2D eigenvalue weighted by Gasteiger charge is -2.25. The van der Waals surface area contributed by atoms with Crippen LogP contribution in [0.2, 0.25) is 0 Å². The van der Waals surface area contributed by atoms with Crippen molar-refractivity contribution in [1.29, 1.82) is 0 Å². The Balaban J connectivity index is 1.74. The molecule has 1 amide bonds. The van der Waals surface area contributed by atoms with Crippen molar-refractivity contribution < 1.29 is 14.3 Å². The van der Waals surface area contributed by atoms with Crippen LogP contribution in [0.15, 0.2) is 0 Å². The lowest BCUT2D eigenvalue weighted by molar-refractivity contribution is -0.126. The van der Waals surface area contributed by atoms with Crippen LogP contribution in [-0.4, -0.2) is 44.4 Å². The fraction of sp³-hybridized carbons (Fsp3) is 0.909. The number of hydrogen-bond acceptors (Lipinski definition) is 4. The topological polar surface area (TPSA) is 73.6 Å². The van der Waals surface area contributed by atoms with Gasteiger partial charge in [0.1, 0.15) is 5.54 Å². The first-order valence-electron chi connectivity index (χ1n) is 5.93. The molecule has 0 aliphatic carbocycles. The second-order valence-corrected chi connectivity index (χ2v) is 4.75. The van der Waals surface area contributed by atoms with E-state index in [1.165, 1.54) is 0 Å². The van der Waals surface area contributed by atoms with Crippen molar-refractivity contribution in [2.75, 3.05) is 33.0 Å². The van der Waals surface area contributed by atoms with E-state index in [1.54, 1.807) is 0 Å². The standard InChI is InChI=1S/C11H20N2O3/c12-11(3-5-16-8-11)10(14)13-6-9-2-1-4-15-7-9/h9H,1-8,12H2,(H,13,14). The predicted octanol–water partition coefficient (Wildman–Crippen LogP) is -0.353. The molecule has 3 N–H and O–H groups in total. The van der Waals surface area contributed by atoms with Gasteiger partial charge >= 0.3 is 0 Å². The largest absolute Gasteiger partial charge is 0.381 e. The fourth-order valence-electron chi connectivity index (χ4n) is 2.14. The van der Waals surface area contributed by atoms with E-state index >= 15 is 0 Å². The molecule has 0 aromatic carbocycles. The summed E-state index contributed by atoms with van der Waals surface area (Å²) in [6.07, 6.45) is 2.81. The van der Waals surface area contributed by atoms with E-state index in [0.717, 1.165) is 26.1 Å². The van der Waals surface area contributed by atoms with E-state index in [1.807, 2.05) is 0 Å². The van der Waals surface area contributed by atoms with Gasteiger partial charge in [0.25, 0.3) is 0 Å². The molecule has 5 nitrogen and oxygen atoms in total. The molecular formula is C11H20N2O3. The molecule has 2 heterocycles. The fourth-order valence-corrected chi connectivity index (χ4v) is 2.14. The third-order valence-corrected chi connectivity index (χ3v) is 3.31. The van der Waals surface area contributed by atoms with E-state index in [9.17, 15) is 4.79 Å². The van der Waals surface area contributed by atoms with E-state index in [-0.39, 0.29) is 5.91 Å². The van der Waals surface area contributed by atoms with Crippen LogP contribution in [0.5, 0.6) is 0 Å². The Bertz CT molecular complexity index is 246. The molecular weight excluding hydrogens is 208 g/mol. The van der Waals surface area contributed by atoms with Crippen LogP contribution in [-0.2, 0) is 14.3 Å². The Hall–Kier alpha value is -0.650. The van der Waals surface area contributed by atoms with Crippen LogP contribution in [0.3, 0.4) is 0 Å². The van der Waals surface area contributed by atoms with Gasteiger partial charge in [-0.25, -0.2) is 0 Å². The van der Waals surface area contributed by atoms with Gasteiger partial charge in [0.2, 0.25) is 5.91 Å². The van der Waals surface area contributed by atoms with E-state index in [4.69, 9.17) is 15.2 Å². The number of rotatable bonds is 3. The minimum absolute atomic E-state index is 0.0874. The number of nitrogens with two attached hydrogens (primary N) is 1. The van der Waals surface area contributed by atoms with Crippen LogP contribution in [0.25, 0.3) is 0 Å². The molecule has 0 aromatic heterocycles. The van der Waals surface area contributed by atoms with E-state index < -0.39 is 5.54 Å². The molecule has 2 fully saturated rings. The average Bonchev–Trinajstić information content (AvgIpc) is 2.76. The summed E-state index contributed by atoms with van der Waals surface area (Å²) in [6.45, 7) is 3.17. The van der Waals surface area contributed by atoms with Gasteiger partial charge in [0.15, 0.2) is 0 Å². The zero-order chi connectivity index (χ0) is 11.4. The lowest BCUT2D eigenvalue weighted by atomic mass is 9.98. The number of ether oxygens (including phenoxy) is 2. The zero-order valence-corrected chi connectivity index (χ0v) is 9.54. The first-order chi connectivity index (χ1) is 7.71. The summed E-state index contributed by atoms with van der Waals surface area (Å²) < 4.78 is 10.5. The van der Waals surface area contributed by atoms with Crippen molar-refractivity contribution >= 4 is 5.91 Å². The third kappa shape index (κ3) is 2.72. The third-order valence-electron chi connectivity index (χ3n) is 3.31. The van der Waals surface area contributed by atoms with E-state index in [2.05, 4.69) is 5.32 Å². The maximum atomic E-state index is 11.9. The highest BCUT2D eigenvalue weighted by molar-refractivity contribution is 5.86. The summed E-state index contributed by atoms with van der Waals surface area (Å²) >= 11 is 0. The van der Waals surface area contributed by atoms with Gasteiger partial charge in [-0.2, -0.15) is 0 Å². The molecule has 16 heavy (non-hydrogen) atoms. The van der Waals surface area contributed by atoms with Crippen LogP contribution in [0.1, 0.15) is 19.3 Å². The number of carbonyl (C=O) groups excluding carboxylic acids is 1. The maximum Gasteiger partial charge on any atom is 0.242 e. The minimum Gasteiger partial charge on any atom is -0.381 e. The monoisotopic (exact) mass is 228 g/mol. The molecule has 2 rings (SSSR count). The summed E-state index contributed by atoms with van der Waals surface area (Å²) in [4.78, 5) is 11.9. The Morgan fingerprint density at radius 3 is 2.94 bits per heavy atom. The molecule has 92 valence electrons. The van der Waals surface area contributed by atoms with Gasteiger partial charge in [0, 0.05) is 19.8 Å².